The van der Waals surface area contributed by atoms with Crippen LogP contribution in [0.5, 0.6) is 0 Å². The van der Waals surface area contributed by atoms with Gasteiger partial charge in [0.1, 0.15) is 5.69 Å². The molecule has 0 saturated heterocycles. The summed E-state index contributed by atoms with van der Waals surface area (Å²) in [6.45, 7) is 0. The number of benzene rings is 2. The SMILES string of the molecule is N#Cc1cc(F)c(Nc2ccc(Br)cc2Br)c(F)c1. The molecule has 0 bridgehead atoms. The van der Waals surface area contributed by atoms with Crippen molar-refractivity contribution in [1.82, 2.24) is 0 Å². The molecule has 0 radical (unpaired) electrons. The predicted molar refractivity (Wildman–Crippen MR) is 76.2 cm³/mol. The molecule has 0 aliphatic rings. The summed E-state index contributed by atoms with van der Waals surface area (Å²) in [5, 5.41) is 11.3. The van der Waals surface area contributed by atoms with Gasteiger partial charge in [0.05, 0.1) is 17.3 Å². The van der Waals surface area contributed by atoms with Crippen LogP contribution in [-0.2, 0) is 0 Å². The average molecular weight is 388 g/mol. The van der Waals surface area contributed by atoms with Gasteiger partial charge in [-0.25, -0.2) is 8.78 Å². The van der Waals surface area contributed by atoms with E-state index in [1.54, 1.807) is 24.3 Å². The third kappa shape index (κ3) is 3.11. The molecule has 2 nitrogen and oxygen atoms in total. The molecular formula is C13H6Br2F2N2. The molecule has 2 rings (SSSR count). The topological polar surface area (TPSA) is 35.8 Å². The summed E-state index contributed by atoms with van der Waals surface area (Å²) in [5.74, 6) is -1.63. The van der Waals surface area contributed by atoms with Gasteiger partial charge < -0.3 is 5.32 Å². The highest BCUT2D eigenvalue weighted by atomic mass is 79.9. The van der Waals surface area contributed by atoms with E-state index in [1.165, 1.54) is 0 Å². The molecule has 0 unspecified atom stereocenters. The smallest absolute Gasteiger partial charge is 0.150 e. The van der Waals surface area contributed by atoms with E-state index in [0.29, 0.717) is 10.2 Å². The molecule has 96 valence electrons. The lowest BCUT2D eigenvalue weighted by molar-refractivity contribution is 0.590. The predicted octanol–water partition coefficient (Wildman–Crippen LogP) is 5.11. The van der Waals surface area contributed by atoms with Gasteiger partial charge in [0, 0.05) is 8.95 Å². The van der Waals surface area contributed by atoms with Crippen molar-refractivity contribution < 1.29 is 8.78 Å². The van der Waals surface area contributed by atoms with Crippen molar-refractivity contribution in [3.05, 3.63) is 56.5 Å². The Morgan fingerprint density at radius 2 is 1.68 bits per heavy atom. The van der Waals surface area contributed by atoms with Gasteiger partial charge in [0.15, 0.2) is 11.6 Å². The molecule has 0 saturated carbocycles. The molecule has 2 aromatic rings. The van der Waals surface area contributed by atoms with Crippen molar-refractivity contribution in [1.29, 1.82) is 5.26 Å². The summed E-state index contributed by atoms with van der Waals surface area (Å²) in [5.41, 5.74) is 0.170. The van der Waals surface area contributed by atoms with E-state index >= 15 is 0 Å². The highest BCUT2D eigenvalue weighted by molar-refractivity contribution is 9.11. The summed E-state index contributed by atoms with van der Waals surface area (Å²) in [6.07, 6.45) is 0. The molecule has 0 heterocycles. The summed E-state index contributed by atoms with van der Waals surface area (Å²) < 4.78 is 28.9. The minimum atomic E-state index is -0.814. The maximum Gasteiger partial charge on any atom is 0.150 e. The zero-order valence-corrected chi connectivity index (χ0v) is 12.5. The molecule has 0 atom stereocenters. The van der Waals surface area contributed by atoms with E-state index in [1.807, 2.05) is 0 Å². The van der Waals surface area contributed by atoms with Gasteiger partial charge in [-0.15, -0.1) is 0 Å². The monoisotopic (exact) mass is 386 g/mol. The van der Waals surface area contributed by atoms with Crippen molar-refractivity contribution in [3.8, 4) is 6.07 Å². The van der Waals surface area contributed by atoms with Crippen molar-refractivity contribution in [2.75, 3.05) is 5.32 Å². The van der Waals surface area contributed by atoms with Gasteiger partial charge in [-0.05, 0) is 46.3 Å². The van der Waals surface area contributed by atoms with Crippen LogP contribution >= 0.6 is 31.9 Å². The summed E-state index contributed by atoms with van der Waals surface area (Å²) in [7, 11) is 0. The largest absolute Gasteiger partial charge is 0.350 e. The van der Waals surface area contributed by atoms with E-state index in [4.69, 9.17) is 5.26 Å². The number of rotatable bonds is 2. The van der Waals surface area contributed by atoms with Crippen LogP contribution < -0.4 is 5.32 Å². The Hall–Kier alpha value is -1.45. The van der Waals surface area contributed by atoms with E-state index in [-0.39, 0.29) is 11.3 Å². The molecule has 0 amide bonds. The van der Waals surface area contributed by atoms with E-state index in [0.717, 1.165) is 16.6 Å². The standard InChI is InChI=1S/C13H6Br2F2N2/c14-8-1-2-12(9(15)5-8)19-13-10(16)3-7(6-18)4-11(13)17/h1-5,19H. The first kappa shape index (κ1) is 14.0. The second kappa shape index (κ2) is 5.68. The van der Waals surface area contributed by atoms with Crippen molar-refractivity contribution >= 4 is 43.2 Å². The second-order valence-electron chi connectivity index (χ2n) is 3.68. The van der Waals surface area contributed by atoms with Crippen LogP contribution in [-0.4, -0.2) is 0 Å². The Balaban J connectivity index is 2.41. The summed E-state index contributed by atoms with van der Waals surface area (Å²) in [4.78, 5) is 0. The number of anilines is 2. The Labute approximate surface area is 125 Å². The number of halogens is 4. The molecule has 0 spiro atoms. The minimum Gasteiger partial charge on any atom is -0.350 e. The van der Waals surface area contributed by atoms with Crippen LogP contribution in [0.25, 0.3) is 0 Å². The second-order valence-corrected chi connectivity index (χ2v) is 5.45. The molecule has 0 aliphatic heterocycles. The van der Waals surface area contributed by atoms with E-state index in [9.17, 15) is 8.78 Å². The Morgan fingerprint density at radius 3 is 2.21 bits per heavy atom. The Morgan fingerprint density at radius 1 is 1.05 bits per heavy atom. The lowest BCUT2D eigenvalue weighted by atomic mass is 10.2. The number of nitrogens with zero attached hydrogens (tertiary/aromatic N) is 1. The van der Waals surface area contributed by atoms with Gasteiger partial charge >= 0.3 is 0 Å². The normalized spacial score (nSPS) is 10.1. The lowest BCUT2D eigenvalue weighted by Crippen LogP contribution is -1.99. The minimum absolute atomic E-state index is 0.0598. The lowest BCUT2D eigenvalue weighted by Gasteiger charge is -2.11. The molecule has 2 aromatic carbocycles. The van der Waals surface area contributed by atoms with E-state index in [2.05, 4.69) is 37.2 Å². The van der Waals surface area contributed by atoms with Gasteiger partial charge in [-0.2, -0.15) is 5.26 Å². The number of nitriles is 1. The number of nitrogens with one attached hydrogen (secondary N) is 1. The zero-order valence-electron chi connectivity index (χ0n) is 9.35. The summed E-state index contributed by atoms with van der Waals surface area (Å²) >= 11 is 6.58. The fourth-order valence-electron chi connectivity index (χ4n) is 1.48. The quantitative estimate of drug-likeness (QED) is 0.777. The van der Waals surface area contributed by atoms with Crippen molar-refractivity contribution in [2.45, 2.75) is 0 Å². The first-order valence-electron chi connectivity index (χ1n) is 5.12. The highest BCUT2D eigenvalue weighted by Crippen LogP contribution is 2.31. The first-order chi connectivity index (χ1) is 9.01. The third-order valence-electron chi connectivity index (χ3n) is 2.36. The molecular weight excluding hydrogens is 382 g/mol. The Kier molecular flexibility index (Phi) is 4.17. The highest BCUT2D eigenvalue weighted by Gasteiger charge is 2.12. The van der Waals surface area contributed by atoms with Crippen molar-refractivity contribution in [3.63, 3.8) is 0 Å². The Bertz CT molecular complexity index is 658. The molecule has 0 fully saturated rings. The van der Waals surface area contributed by atoms with Gasteiger partial charge in [-0.3, -0.25) is 0 Å². The summed E-state index contributed by atoms with van der Waals surface area (Å²) in [6, 6.07) is 8.83. The van der Waals surface area contributed by atoms with Crippen LogP contribution in [0.2, 0.25) is 0 Å². The number of hydrogen-bond acceptors (Lipinski definition) is 2. The van der Waals surface area contributed by atoms with Gasteiger partial charge in [0.2, 0.25) is 0 Å². The first-order valence-corrected chi connectivity index (χ1v) is 6.71. The zero-order chi connectivity index (χ0) is 14.0. The fraction of sp³-hybridized carbons (Fsp3) is 0. The third-order valence-corrected chi connectivity index (χ3v) is 3.51. The average Bonchev–Trinajstić information content (AvgIpc) is 2.35. The maximum absolute atomic E-state index is 13.7. The van der Waals surface area contributed by atoms with E-state index < -0.39 is 11.6 Å². The van der Waals surface area contributed by atoms with Crippen LogP contribution in [0.15, 0.2) is 39.3 Å². The van der Waals surface area contributed by atoms with Crippen LogP contribution in [0.4, 0.5) is 20.2 Å². The van der Waals surface area contributed by atoms with Gasteiger partial charge in [0.25, 0.3) is 0 Å². The molecule has 0 aromatic heterocycles. The molecule has 0 aliphatic carbocycles. The molecule has 19 heavy (non-hydrogen) atoms. The van der Waals surface area contributed by atoms with Crippen molar-refractivity contribution in [2.24, 2.45) is 0 Å². The van der Waals surface area contributed by atoms with Gasteiger partial charge in [-0.1, -0.05) is 15.9 Å². The molecule has 6 heteroatoms. The fourth-order valence-corrected chi connectivity index (χ4v) is 2.63. The van der Waals surface area contributed by atoms with Crippen LogP contribution in [0.3, 0.4) is 0 Å². The molecule has 1 N–H and O–H groups in total. The van der Waals surface area contributed by atoms with Crippen LogP contribution in [0, 0.1) is 23.0 Å². The van der Waals surface area contributed by atoms with Crippen LogP contribution in [0.1, 0.15) is 5.56 Å². The number of hydrogen-bond donors (Lipinski definition) is 1. The maximum atomic E-state index is 13.7.